The second-order valence-electron chi connectivity index (χ2n) is 6.22. The van der Waals surface area contributed by atoms with Gasteiger partial charge < -0.3 is 11.1 Å². The Balaban J connectivity index is 1.81. The largest absolute Gasteiger partial charge is 0.349 e. The minimum Gasteiger partial charge on any atom is -0.349 e. The number of halogens is 1. The van der Waals surface area contributed by atoms with Crippen molar-refractivity contribution in [2.24, 2.45) is 17.1 Å². The first-order valence-corrected chi connectivity index (χ1v) is 7.87. The Kier molecular flexibility index (Phi) is 3.53. The van der Waals surface area contributed by atoms with Crippen molar-refractivity contribution < 1.29 is 4.79 Å². The molecule has 0 spiro atoms. The topological polar surface area (TPSA) is 72.4 Å². The number of rotatable bonds is 3. The first-order valence-electron chi connectivity index (χ1n) is 7.08. The number of nitrogens with zero attached hydrogens (tertiary/aromatic N) is 2. The lowest BCUT2D eigenvalue weighted by Gasteiger charge is -2.52. The lowest BCUT2D eigenvalue weighted by atomic mass is 9.58. The molecule has 1 amide bonds. The first-order chi connectivity index (χ1) is 9.95. The van der Waals surface area contributed by atoms with Crippen molar-refractivity contribution in [3.8, 4) is 0 Å². The summed E-state index contributed by atoms with van der Waals surface area (Å²) in [5.74, 6) is 0.400. The molecule has 21 heavy (non-hydrogen) atoms. The van der Waals surface area contributed by atoms with Gasteiger partial charge in [-0.25, -0.2) is 4.52 Å². The molecule has 6 heteroatoms. The van der Waals surface area contributed by atoms with Crippen molar-refractivity contribution in [1.82, 2.24) is 14.9 Å². The summed E-state index contributed by atoms with van der Waals surface area (Å²) in [5.41, 5.74) is 7.21. The van der Waals surface area contributed by atoms with Gasteiger partial charge in [-0.05, 0) is 52.4 Å². The number of nitrogens with one attached hydrogen (secondary N) is 1. The van der Waals surface area contributed by atoms with Crippen LogP contribution in [0.3, 0.4) is 0 Å². The van der Waals surface area contributed by atoms with Crippen LogP contribution < -0.4 is 11.1 Å². The Hall–Kier alpha value is -1.40. The van der Waals surface area contributed by atoms with Crippen LogP contribution >= 0.6 is 15.9 Å². The van der Waals surface area contributed by atoms with Gasteiger partial charge in [0.25, 0.3) is 5.91 Å². The summed E-state index contributed by atoms with van der Waals surface area (Å²) in [7, 11) is 0. The van der Waals surface area contributed by atoms with Crippen molar-refractivity contribution in [2.75, 3.05) is 6.54 Å². The standard InChI is InChI=1S/C15H19BrN4O/c1-15(2)9(7-17)6-12(15)19-14(21)10-8-18-20-11(10)4-3-5-13(20)16/h3-5,8-9,12H,6-7,17H2,1-2H3,(H,19,21). The highest BCUT2D eigenvalue weighted by Gasteiger charge is 2.47. The summed E-state index contributed by atoms with van der Waals surface area (Å²) in [6.07, 6.45) is 2.56. The molecule has 0 aromatic carbocycles. The number of carbonyl (C=O) groups excluding carboxylic acids is 1. The molecule has 0 aliphatic heterocycles. The van der Waals surface area contributed by atoms with Gasteiger partial charge in [-0.2, -0.15) is 5.10 Å². The molecule has 3 N–H and O–H groups in total. The van der Waals surface area contributed by atoms with Crippen molar-refractivity contribution in [3.05, 3.63) is 34.6 Å². The number of hydrogen-bond donors (Lipinski definition) is 2. The van der Waals surface area contributed by atoms with Gasteiger partial charge in [0, 0.05) is 6.04 Å². The molecule has 2 unspecified atom stereocenters. The third-order valence-electron chi connectivity index (χ3n) is 4.80. The molecule has 5 nitrogen and oxygen atoms in total. The molecular formula is C15H19BrN4O. The van der Waals surface area contributed by atoms with Crippen LogP contribution in [0.2, 0.25) is 0 Å². The lowest BCUT2D eigenvalue weighted by molar-refractivity contribution is 0.0200. The van der Waals surface area contributed by atoms with Crippen LogP contribution in [0.15, 0.2) is 29.0 Å². The normalized spacial score (nSPS) is 23.8. The Morgan fingerprint density at radius 2 is 2.33 bits per heavy atom. The Morgan fingerprint density at radius 1 is 1.57 bits per heavy atom. The minimum absolute atomic E-state index is 0.0496. The number of amides is 1. The van der Waals surface area contributed by atoms with Gasteiger partial charge in [-0.3, -0.25) is 4.79 Å². The van der Waals surface area contributed by atoms with Crippen LogP contribution in [-0.2, 0) is 0 Å². The van der Waals surface area contributed by atoms with E-state index < -0.39 is 0 Å². The summed E-state index contributed by atoms with van der Waals surface area (Å²) < 4.78 is 2.54. The van der Waals surface area contributed by atoms with E-state index in [1.54, 1.807) is 10.7 Å². The van der Waals surface area contributed by atoms with E-state index in [1.807, 2.05) is 18.2 Å². The highest BCUT2D eigenvalue weighted by molar-refractivity contribution is 9.10. The zero-order valence-electron chi connectivity index (χ0n) is 12.1. The molecule has 2 atom stereocenters. The van der Waals surface area contributed by atoms with Gasteiger partial charge in [0.05, 0.1) is 17.3 Å². The highest BCUT2D eigenvalue weighted by Crippen LogP contribution is 2.45. The molecule has 1 aliphatic rings. The molecule has 112 valence electrons. The molecule has 2 aromatic heterocycles. The molecule has 1 saturated carbocycles. The summed E-state index contributed by atoms with van der Waals surface area (Å²) in [4.78, 5) is 12.5. The van der Waals surface area contributed by atoms with Crippen molar-refractivity contribution in [1.29, 1.82) is 0 Å². The third kappa shape index (κ3) is 2.26. The van der Waals surface area contributed by atoms with Crippen molar-refractivity contribution in [3.63, 3.8) is 0 Å². The van der Waals surface area contributed by atoms with Crippen LogP contribution in [-0.4, -0.2) is 28.1 Å². The zero-order chi connectivity index (χ0) is 15.2. The van der Waals surface area contributed by atoms with E-state index in [2.05, 4.69) is 40.2 Å². The van der Waals surface area contributed by atoms with Crippen LogP contribution in [0.5, 0.6) is 0 Å². The van der Waals surface area contributed by atoms with E-state index in [0.717, 1.165) is 16.5 Å². The Bertz CT molecular complexity index is 694. The molecule has 0 bridgehead atoms. The molecule has 1 aliphatic carbocycles. The van der Waals surface area contributed by atoms with Gasteiger partial charge in [0.1, 0.15) is 4.60 Å². The molecule has 0 saturated heterocycles. The van der Waals surface area contributed by atoms with Crippen LogP contribution in [0.4, 0.5) is 0 Å². The van der Waals surface area contributed by atoms with E-state index in [9.17, 15) is 4.79 Å². The zero-order valence-corrected chi connectivity index (χ0v) is 13.7. The van der Waals surface area contributed by atoms with Gasteiger partial charge in [0.15, 0.2) is 0 Å². The summed E-state index contributed by atoms with van der Waals surface area (Å²) in [5, 5.41) is 7.37. The summed E-state index contributed by atoms with van der Waals surface area (Å²) >= 11 is 3.43. The maximum absolute atomic E-state index is 12.5. The Morgan fingerprint density at radius 3 is 3.00 bits per heavy atom. The second kappa shape index (κ2) is 5.10. The average Bonchev–Trinajstić information content (AvgIpc) is 2.88. The quantitative estimate of drug-likeness (QED) is 0.833. The highest BCUT2D eigenvalue weighted by atomic mass is 79.9. The van der Waals surface area contributed by atoms with Crippen molar-refractivity contribution in [2.45, 2.75) is 26.3 Å². The van der Waals surface area contributed by atoms with Crippen molar-refractivity contribution >= 4 is 27.4 Å². The predicted octanol–water partition coefficient (Wildman–Crippen LogP) is 2.20. The third-order valence-corrected chi connectivity index (χ3v) is 5.40. The molecule has 0 radical (unpaired) electrons. The number of carbonyl (C=O) groups is 1. The summed E-state index contributed by atoms with van der Waals surface area (Å²) in [6, 6.07) is 5.85. The van der Waals surface area contributed by atoms with Gasteiger partial charge in [0.2, 0.25) is 0 Å². The fourth-order valence-electron chi connectivity index (χ4n) is 3.05. The van der Waals surface area contributed by atoms with Gasteiger partial charge >= 0.3 is 0 Å². The van der Waals surface area contributed by atoms with E-state index in [4.69, 9.17) is 5.73 Å². The lowest BCUT2D eigenvalue weighted by Crippen LogP contribution is -2.60. The second-order valence-corrected chi connectivity index (χ2v) is 7.03. The number of pyridine rings is 1. The average molecular weight is 351 g/mol. The Labute approximate surface area is 132 Å². The predicted molar refractivity (Wildman–Crippen MR) is 85.1 cm³/mol. The maximum Gasteiger partial charge on any atom is 0.255 e. The number of aromatic nitrogens is 2. The molecule has 3 rings (SSSR count). The number of nitrogens with two attached hydrogens (primary N) is 1. The molecule has 2 heterocycles. The maximum atomic E-state index is 12.5. The molecule has 1 fully saturated rings. The molecular weight excluding hydrogens is 332 g/mol. The molecule has 2 aromatic rings. The van der Waals surface area contributed by atoms with E-state index >= 15 is 0 Å². The van der Waals surface area contributed by atoms with E-state index in [-0.39, 0.29) is 17.4 Å². The first kappa shape index (κ1) is 14.5. The van der Waals surface area contributed by atoms with Crippen LogP contribution in [0, 0.1) is 11.3 Å². The summed E-state index contributed by atoms with van der Waals surface area (Å²) in [6.45, 7) is 4.99. The van der Waals surface area contributed by atoms with Crippen LogP contribution in [0.25, 0.3) is 5.52 Å². The number of hydrogen-bond acceptors (Lipinski definition) is 3. The number of fused-ring (bicyclic) bond motifs is 1. The fourth-order valence-corrected chi connectivity index (χ4v) is 3.48. The monoisotopic (exact) mass is 350 g/mol. The minimum atomic E-state index is -0.0725. The fraction of sp³-hybridized carbons (Fsp3) is 0.467. The van der Waals surface area contributed by atoms with E-state index in [0.29, 0.717) is 18.0 Å². The van der Waals surface area contributed by atoms with Gasteiger partial charge in [-0.15, -0.1) is 0 Å². The van der Waals surface area contributed by atoms with Crippen LogP contribution in [0.1, 0.15) is 30.6 Å². The SMILES string of the molecule is CC1(C)C(CN)CC1NC(=O)c1cnn2c(Br)cccc12. The smallest absolute Gasteiger partial charge is 0.255 e. The van der Waals surface area contributed by atoms with Gasteiger partial charge in [-0.1, -0.05) is 19.9 Å². The van der Waals surface area contributed by atoms with E-state index in [1.165, 1.54) is 0 Å².